The van der Waals surface area contributed by atoms with Crippen LogP contribution >= 0.6 is 0 Å². The van der Waals surface area contributed by atoms with Gasteiger partial charge in [-0.1, -0.05) is 18.2 Å². The highest BCUT2D eigenvalue weighted by atomic mass is 19.4. The van der Waals surface area contributed by atoms with E-state index in [1.54, 1.807) is 12.1 Å². The van der Waals surface area contributed by atoms with Crippen LogP contribution in [0, 0.1) is 11.7 Å². The molecule has 0 unspecified atom stereocenters. The highest BCUT2D eigenvalue weighted by Gasteiger charge is 2.32. The molecule has 1 aromatic rings. The van der Waals surface area contributed by atoms with E-state index in [1.807, 2.05) is 13.0 Å². The number of nitrogens with one attached hydrogen (secondary N) is 2. The first-order valence-electron chi connectivity index (χ1n) is 9.92. The third kappa shape index (κ3) is 8.46. The number of likely N-dealkylation sites (tertiary alicyclic amines) is 1. The SMILES string of the molecule is CCNC(=NCCC1CCN(CC(F)(F)F)CC1)NCCc1ccccc1F. The van der Waals surface area contributed by atoms with Gasteiger partial charge in [-0.3, -0.25) is 9.89 Å². The summed E-state index contributed by atoms with van der Waals surface area (Å²) in [4.78, 5) is 6.03. The van der Waals surface area contributed by atoms with Gasteiger partial charge in [-0.05, 0) is 63.2 Å². The van der Waals surface area contributed by atoms with Crippen LogP contribution in [0.25, 0.3) is 0 Å². The molecule has 1 aliphatic heterocycles. The van der Waals surface area contributed by atoms with Gasteiger partial charge in [-0.2, -0.15) is 13.2 Å². The number of hydrogen-bond donors (Lipinski definition) is 2. The highest BCUT2D eigenvalue weighted by molar-refractivity contribution is 5.79. The van der Waals surface area contributed by atoms with Crippen LogP contribution in [0.1, 0.15) is 31.7 Å². The van der Waals surface area contributed by atoms with E-state index in [9.17, 15) is 17.6 Å². The van der Waals surface area contributed by atoms with Gasteiger partial charge < -0.3 is 10.6 Å². The van der Waals surface area contributed by atoms with E-state index >= 15 is 0 Å². The number of aliphatic imine (C=N–C) groups is 1. The van der Waals surface area contributed by atoms with Gasteiger partial charge >= 0.3 is 6.18 Å². The summed E-state index contributed by atoms with van der Waals surface area (Å²) < 4.78 is 51.0. The number of benzene rings is 1. The molecule has 1 aromatic carbocycles. The molecule has 28 heavy (non-hydrogen) atoms. The Morgan fingerprint density at radius 3 is 2.54 bits per heavy atom. The van der Waals surface area contributed by atoms with Crippen molar-refractivity contribution < 1.29 is 17.6 Å². The molecule has 1 saturated heterocycles. The minimum Gasteiger partial charge on any atom is -0.357 e. The fraction of sp³-hybridized carbons (Fsp3) is 0.650. The zero-order chi connectivity index (χ0) is 20.4. The summed E-state index contributed by atoms with van der Waals surface area (Å²) in [5.41, 5.74) is 0.663. The first kappa shape index (κ1) is 22.5. The summed E-state index contributed by atoms with van der Waals surface area (Å²) in [6, 6.07) is 6.71. The Morgan fingerprint density at radius 1 is 1.18 bits per heavy atom. The van der Waals surface area contributed by atoms with E-state index in [-0.39, 0.29) is 5.82 Å². The van der Waals surface area contributed by atoms with Gasteiger partial charge in [0.05, 0.1) is 6.54 Å². The van der Waals surface area contributed by atoms with Crippen molar-refractivity contribution >= 4 is 5.96 Å². The van der Waals surface area contributed by atoms with Crippen molar-refractivity contribution in [3.05, 3.63) is 35.6 Å². The van der Waals surface area contributed by atoms with Crippen molar-refractivity contribution in [2.75, 3.05) is 39.3 Å². The molecule has 0 aliphatic carbocycles. The second-order valence-electron chi connectivity index (χ2n) is 7.15. The molecule has 0 saturated carbocycles. The number of nitrogens with zero attached hydrogens (tertiary/aromatic N) is 2. The minimum absolute atomic E-state index is 0.205. The molecule has 2 rings (SSSR count). The second kappa shape index (κ2) is 11.2. The third-order valence-electron chi connectivity index (χ3n) is 4.91. The summed E-state index contributed by atoms with van der Waals surface area (Å²) in [6.45, 7) is 4.07. The average molecular weight is 402 g/mol. The molecule has 1 heterocycles. The largest absolute Gasteiger partial charge is 0.401 e. The summed E-state index contributed by atoms with van der Waals surface area (Å²) in [6.07, 6.45) is -1.13. The standard InChI is InChI=1S/C20H30F4N4/c1-2-25-19(27-12-8-17-5-3-4-6-18(17)21)26-11-7-16-9-13-28(14-10-16)15-20(22,23)24/h3-6,16H,2,7-15H2,1H3,(H2,25,26,27). The van der Waals surface area contributed by atoms with Gasteiger partial charge in [-0.15, -0.1) is 0 Å². The lowest BCUT2D eigenvalue weighted by molar-refractivity contribution is -0.148. The first-order valence-corrected chi connectivity index (χ1v) is 9.92. The molecule has 0 amide bonds. The number of halogens is 4. The third-order valence-corrected chi connectivity index (χ3v) is 4.91. The first-order chi connectivity index (χ1) is 13.4. The zero-order valence-corrected chi connectivity index (χ0v) is 16.4. The number of guanidine groups is 1. The van der Waals surface area contributed by atoms with Crippen molar-refractivity contribution in [1.29, 1.82) is 0 Å². The molecule has 1 aliphatic rings. The quantitative estimate of drug-likeness (QED) is 0.397. The van der Waals surface area contributed by atoms with Crippen molar-refractivity contribution in [2.45, 2.75) is 38.8 Å². The summed E-state index contributed by atoms with van der Waals surface area (Å²) in [5.74, 6) is 0.894. The van der Waals surface area contributed by atoms with Crippen LogP contribution in [-0.4, -0.2) is 56.3 Å². The van der Waals surface area contributed by atoms with Crippen molar-refractivity contribution in [3.8, 4) is 0 Å². The maximum Gasteiger partial charge on any atom is 0.401 e. The van der Waals surface area contributed by atoms with Crippen LogP contribution < -0.4 is 10.6 Å². The Kier molecular flexibility index (Phi) is 9.02. The smallest absolute Gasteiger partial charge is 0.357 e. The van der Waals surface area contributed by atoms with E-state index < -0.39 is 12.7 Å². The van der Waals surface area contributed by atoms with E-state index in [0.717, 1.165) is 25.8 Å². The molecular weight excluding hydrogens is 372 g/mol. The zero-order valence-electron chi connectivity index (χ0n) is 16.4. The topological polar surface area (TPSA) is 39.7 Å². The van der Waals surface area contributed by atoms with Crippen LogP contribution in [0.3, 0.4) is 0 Å². The monoisotopic (exact) mass is 402 g/mol. The molecule has 0 aromatic heterocycles. The molecule has 1 fully saturated rings. The number of alkyl halides is 3. The lowest BCUT2D eigenvalue weighted by atomic mass is 9.93. The Hall–Kier alpha value is -1.83. The maximum atomic E-state index is 13.6. The highest BCUT2D eigenvalue weighted by Crippen LogP contribution is 2.24. The predicted molar refractivity (Wildman–Crippen MR) is 104 cm³/mol. The number of rotatable bonds is 8. The van der Waals surface area contributed by atoms with E-state index in [2.05, 4.69) is 15.6 Å². The van der Waals surface area contributed by atoms with Gasteiger partial charge in [0.2, 0.25) is 0 Å². The normalized spacial score (nSPS) is 17.0. The molecule has 158 valence electrons. The van der Waals surface area contributed by atoms with Crippen LogP contribution in [0.15, 0.2) is 29.3 Å². The molecule has 2 N–H and O–H groups in total. The van der Waals surface area contributed by atoms with Crippen molar-refractivity contribution in [2.24, 2.45) is 10.9 Å². The van der Waals surface area contributed by atoms with Crippen LogP contribution in [0.4, 0.5) is 17.6 Å². The molecule has 0 spiro atoms. The van der Waals surface area contributed by atoms with Gasteiger partial charge in [0.15, 0.2) is 5.96 Å². The lowest BCUT2D eigenvalue weighted by Crippen LogP contribution is -2.40. The van der Waals surface area contributed by atoms with Crippen molar-refractivity contribution in [1.82, 2.24) is 15.5 Å². The molecule has 0 atom stereocenters. The summed E-state index contributed by atoms with van der Waals surface area (Å²) in [7, 11) is 0. The van der Waals surface area contributed by atoms with Crippen LogP contribution in [0.5, 0.6) is 0 Å². The van der Waals surface area contributed by atoms with Gasteiger partial charge in [-0.25, -0.2) is 4.39 Å². The summed E-state index contributed by atoms with van der Waals surface area (Å²) >= 11 is 0. The number of hydrogen-bond acceptors (Lipinski definition) is 2. The fourth-order valence-electron chi connectivity index (χ4n) is 3.40. The average Bonchev–Trinajstić information content (AvgIpc) is 2.63. The molecule has 0 bridgehead atoms. The second-order valence-corrected chi connectivity index (χ2v) is 7.15. The van der Waals surface area contributed by atoms with E-state index in [1.165, 1.54) is 11.0 Å². The Labute approximate surface area is 164 Å². The Balaban J connectivity index is 1.70. The van der Waals surface area contributed by atoms with Gasteiger partial charge in [0.25, 0.3) is 0 Å². The van der Waals surface area contributed by atoms with Gasteiger partial charge in [0, 0.05) is 19.6 Å². The van der Waals surface area contributed by atoms with E-state index in [0.29, 0.717) is 50.0 Å². The fourth-order valence-corrected chi connectivity index (χ4v) is 3.40. The molecule has 0 radical (unpaired) electrons. The number of piperidine rings is 1. The van der Waals surface area contributed by atoms with Gasteiger partial charge in [0.1, 0.15) is 5.82 Å². The predicted octanol–water partition coefficient (Wildman–Crippen LogP) is 3.59. The van der Waals surface area contributed by atoms with Crippen molar-refractivity contribution in [3.63, 3.8) is 0 Å². The maximum absolute atomic E-state index is 13.6. The Morgan fingerprint density at radius 2 is 1.89 bits per heavy atom. The van der Waals surface area contributed by atoms with Crippen LogP contribution in [0.2, 0.25) is 0 Å². The molecule has 8 heteroatoms. The molecule has 4 nitrogen and oxygen atoms in total. The van der Waals surface area contributed by atoms with E-state index in [4.69, 9.17) is 0 Å². The van der Waals surface area contributed by atoms with Crippen LogP contribution in [-0.2, 0) is 6.42 Å². The summed E-state index contributed by atoms with van der Waals surface area (Å²) in [5, 5.41) is 6.37. The molecular formula is C20H30F4N4. The minimum atomic E-state index is -4.12. The Bertz CT molecular complexity index is 610. The lowest BCUT2D eigenvalue weighted by Gasteiger charge is -2.32.